The third-order valence-electron chi connectivity index (χ3n) is 7.37. The summed E-state index contributed by atoms with van der Waals surface area (Å²) in [7, 11) is -8.59. The minimum absolute atomic E-state index is 0.00681. The van der Waals surface area contributed by atoms with Gasteiger partial charge < -0.3 is 5.11 Å². The predicted molar refractivity (Wildman–Crippen MR) is 187 cm³/mol. The van der Waals surface area contributed by atoms with Crippen molar-refractivity contribution in [3.63, 3.8) is 0 Å². The van der Waals surface area contributed by atoms with Crippen LogP contribution in [-0.2, 0) is 46.2 Å². The SMILES string of the molecule is O=S(=O)(c1cc(Cl)cc(Cl)c1)N(Cc1ccc(F)cc1)Cc1ccc(CN(Cc2ccc(F)cc2)S(=O)(=O)c2cc(Cl)cc(Cl)c2O)cc1. The van der Waals surface area contributed by atoms with Gasteiger partial charge in [-0.3, -0.25) is 0 Å². The van der Waals surface area contributed by atoms with Crippen molar-refractivity contribution in [1.82, 2.24) is 8.61 Å². The Morgan fingerprint density at radius 1 is 0.510 bits per heavy atom. The zero-order chi connectivity index (χ0) is 35.5. The molecule has 0 saturated heterocycles. The van der Waals surface area contributed by atoms with Crippen LogP contribution in [0.4, 0.5) is 8.78 Å². The van der Waals surface area contributed by atoms with E-state index in [1.807, 2.05) is 0 Å². The fraction of sp³-hybridized carbons (Fsp3) is 0.118. The summed E-state index contributed by atoms with van der Waals surface area (Å²) in [5, 5.41) is 10.6. The molecule has 0 amide bonds. The molecular formula is C34H26Cl4F2N2O5S2. The van der Waals surface area contributed by atoms with Crippen LogP contribution >= 0.6 is 46.4 Å². The minimum atomic E-state index is -4.42. The number of hydrogen-bond donors (Lipinski definition) is 1. The van der Waals surface area contributed by atoms with Crippen molar-refractivity contribution in [2.45, 2.75) is 36.0 Å². The predicted octanol–water partition coefficient (Wildman–Crippen LogP) is 9.07. The van der Waals surface area contributed by atoms with Crippen molar-refractivity contribution in [2.24, 2.45) is 0 Å². The molecule has 5 aromatic carbocycles. The van der Waals surface area contributed by atoms with E-state index in [4.69, 9.17) is 46.4 Å². The highest BCUT2D eigenvalue weighted by Crippen LogP contribution is 2.37. The summed E-state index contributed by atoms with van der Waals surface area (Å²) in [6.07, 6.45) is 0. The summed E-state index contributed by atoms with van der Waals surface area (Å²) in [5.41, 5.74) is 2.06. The first-order valence-electron chi connectivity index (χ1n) is 14.3. The van der Waals surface area contributed by atoms with E-state index in [2.05, 4.69) is 0 Å². The molecule has 0 aromatic heterocycles. The van der Waals surface area contributed by atoms with Gasteiger partial charge in [-0.1, -0.05) is 94.9 Å². The summed E-state index contributed by atoms with van der Waals surface area (Å²) in [4.78, 5) is -0.638. The van der Waals surface area contributed by atoms with E-state index in [1.54, 1.807) is 24.3 Å². The molecule has 256 valence electrons. The highest BCUT2D eigenvalue weighted by atomic mass is 35.5. The lowest BCUT2D eigenvalue weighted by Crippen LogP contribution is -2.31. The van der Waals surface area contributed by atoms with Crippen molar-refractivity contribution in [2.75, 3.05) is 0 Å². The zero-order valence-electron chi connectivity index (χ0n) is 25.2. The fourth-order valence-corrected chi connectivity index (χ4v) is 9.20. The third kappa shape index (κ3) is 9.11. The lowest BCUT2D eigenvalue weighted by molar-refractivity contribution is 0.393. The van der Waals surface area contributed by atoms with E-state index >= 15 is 0 Å². The smallest absolute Gasteiger partial charge is 0.247 e. The molecule has 0 radical (unpaired) electrons. The Bertz CT molecular complexity index is 2170. The molecule has 0 heterocycles. The van der Waals surface area contributed by atoms with Gasteiger partial charge >= 0.3 is 0 Å². The largest absolute Gasteiger partial charge is 0.505 e. The molecule has 0 saturated carbocycles. The number of sulfonamides is 2. The Kier molecular flexibility index (Phi) is 11.6. The molecule has 0 atom stereocenters. The maximum atomic E-state index is 13.9. The zero-order valence-corrected chi connectivity index (χ0v) is 29.9. The van der Waals surface area contributed by atoms with Gasteiger partial charge in [0, 0.05) is 41.2 Å². The van der Waals surface area contributed by atoms with E-state index in [0.29, 0.717) is 22.3 Å². The topological polar surface area (TPSA) is 95.0 Å². The second-order valence-electron chi connectivity index (χ2n) is 11.0. The number of halogens is 6. The normalized spacial score (nSPS) is 12.2. The molecule has 5 aromatic rings. The van der Waals surface area contributed by atoms with E-state index in [9.17, 15) is 30.7 Å². The van der Waals surface area contributed by atoms with Gasteiger partial charge in [0.15, 0.2) is 5.75 Å². The van der Waals surface area contributed by atoms with E-state index in [-0.39, 0.29) is 51.2 Å². The maximum Gasteiger partial charge on any atom is 0.247 e. The van der Waals surface area contributed by atoms with Crippen molar-refractivity contribution < 1.29 is 30.7 Å². The van der Waals surface area contributed by atoms with Gasteiger partial charge in [-0.2, -0.15) is 8.61 Å². The number of benzene rings is 5. The van der Waals surface area contributed by atoms with Crippen LogP contribution in [-0.4, -0.2) is 30.6 Å². The number of phenolic OH excluding ortho intramolecular Hbond substituents is 1. The molecule has 0 bridgehead atoms. The second kappa shape index (κ2) is 15.3. The maximum absolute atomic E-state index is 13.9. The number of hydrogen-bond acceptors (Lipinski definition) is 5. The van der Waals surface area contributed by atoms with Crippen molar-refractivity contribution in [3.05, 3.63) is 157 Å². The Hall–Kier alpha value is -3.26. The van der Waals surface area contributed by atoms with Crippen LogP contribution in [0.25, 0.3) is 0 Å². The molecule has 0 aliphatic rings. The highest BCUT2D eigenvalue weighted by Gasteiger charge is 2.30. The van der Waals surface area contributed by atoms with Crippen LogP contribution in [0.15, 0.2) is 113 Å². The molecule has 49 heavy (non-hydrogen) atoms. The van der Waals surface area contributed by atoms with Crippen molar-refractivity contribution in [3.8, 4) is 5.75 Å². The number of aromatic hydroxyl groups is 1. The monoisotopic (exact) mass is 784 g/mol. The fourth-order valence-electron chi connectivity index (χ4n) is 4.90. The molecular weight excluding hydrogens is 760 g/mol. The Morgan fingerprint density at radius 2 is 0.857 bits per heavy atom. The molecule has 15 heteroatoms. The molecule has 0 fully saturated rings. The van der Waals surface area contributed by atoms with Gasteiger partial charge in [0.25, 0.3) is 0 Å². The van der Waals surface area contributed by atoms with Crippen molar-refractivity contribution in [1.29, 1.82) is 0 Å². The van der Waals surface area contributed by atoms with Crippen LogP contribution in [0.5, 0.6) is 5.75 Å². The average Bonchev–Trinajstić information content (AvgIpc) is 3.04. The van der Waals surface area contributed by atoms with Crippen LogP contribution in [0.2, 0.25) is 20.1 Å². The standard InChI is InChI=1S/C34H26Cl4F2N2O5S2/c35-26-13-27(36)15-31(14-26)48(44,45)41(19-24-5-9-29(39)10-6-24)18-22-1-3-23(4-2-22)20-42(21-25-7-11-30(40)12-8-25)49(46,47)33-17-28(37)16-32(38)34(33)43/h1-17,43H,18-21H2. The van der Waals surface area contributed by atoms with Crippen LogP contribution in [0.1, 0.15) is 22.3 Å². The van der Waals surface area contributed by atoms with E-state index in [1.165, 1.54) is 77.1 Å². The first-order chi connectivity index (χ1) is 23.1. The second-order valence-corrected chi connectivity index (χ2v) is 16.5. The van der Waals surface area contributed by atoms with Gasteiger partial charge in [0.2, 0.25) is 20.0 Å². The molecule has 7 nitrogen and oxygen atoms in total. The van der Waals surface area contributed by atoms with Crippen LogP contribution < -0.4 is 0 Å². The Labute approximate surface area is 302 Å². The van der Waals surface area contributed by atoms with Gasteiger partial charge in [0.1, 0.15) is 16.5 Å². The molecule has 0 aliphatic carbocycles. The summed E-state index contributed by atoms with van der Waals surface area (Å²) in [6, 6.07) is 23.5. The summed E-state index contributed by atoms with van der Waals surface area (Å²) in [6.45, 7) is -0.609. The molecule has 0 unspecified atom stereocenters. The van der Waals surface area contributed by atoms with Gasteiger partial charge in [-0.15, -0.1) is 0 Å². The highest BCUT2D eigenvalue weighted by molar-refractivity contribution is 7.89. The first kappa shape index (κ1) is 37.0. The van der Waals surface area contributed by atoms with Crippen LogP contribution in [0.3, 0.4) is 0 Å². The van der Waals surface area contributed by atoms with Gasteiger partial charge in [-0.05, 0) is 76.9 Å². The summed E-state index contributed by atoms with van der Waals surface area (Å²) >= 11 is 24.3. The number of phenols is 1. The summed E-state index contributed by atoms with van der Waals surface area (Å²) in [5.74, 6) is -1.64. The minimum Gasteiger partial charge on any atom is -0.505 e. The Morgan fingerprint density at radius 3 is 1.27 bits per heavy atom. The van der Waals surface area contributed by atoms with E-state index in [0.717, 1.165) is 10.4 Å². The Balaban J connectivity index is 1.46. The lowest BCUT2D eigenvalue weighted by atomic mass is 10.1. The van der Waals surface area contributed by atoms with Gasteiger partial charge in [0.05, 0.1) is 9.92 Å². The van der Waals surface area contributed by atoms with Crippen molar-refractivity contribution >= 4 is 66.5 Å². The molecule has 0 spiro atoms. The quantitative estimate of drug-likeness (QED) is 0.136. The van der Waals surface area contributed by atoms with E-state index < -0.39 is 42.3 Å². The molecule has 5 rings (SSSR count). The van der Waals surface area contributed by atoms with Crippen LogP contribution in [0, 0.1) is 11.6 Å². The van der Waals surface area contributed by atoms with Gasteiger partial charge in [-0.25, -0.2) is 25.6 Å². The summed E-state index contributed by atoms with van der Waals surface area (Å²) < 4.78 is 85.0. The number of rotatable bonds is 12. The number of nitrogens with zero attached hydrogens (tertiary/aromatic N) is 2. The average molecular weight is 787 g/mol. The lowest BCUT2D eigenvalue weighted by Gasteiger charge is -2.24. The third-order valence-corrected chi connectivity index (χ3v) is 11.9. The first-order valence-corrected chi connectivity index (χ1v) is 18.7. The molecule has 0 aliphatic heterocycles. The molecule has 1 N–H and O–H groups in total.